The summed E-state index contributed by atoms with van der Waals surface area (Å²) in [6.45, 7) is 11.0. The lowest BCUT2D eigenvalue weighted by Crippen LogP contribution is -2.22. The first-order chi connectivity index (χ1) is 3.89. The highest BCUT2D eigenvalue weighted by Gasteiger charge is 2.27. The Labute approximate surface area is 64.5 Å². The van der Waals surface area contributed by atoms with Crippen LogP contribution in [-0.4, -0.2) is 11.8 Å². The molecular formula is C7H16ClP. The van der Waals surface area contributed by atoms with Crippen LogP contribution in [0.1, 0.15) is 27.7 Å². The molecule has 0 aliphatic carbocycles. The zero-order chi connectivity index (χ0) is 7.65. The number of rotatable bonds is 2. The summed E-state index contributed by atoms with van der Waals surface area (Å²) in [6, 6.07) is 0. The number of hydrogen-bond acceptors (Lipinski definition) is 0. The van der Waals surface area contributed by atoms with Gasteiger partial charge in [-0.25, -0.2) is 0 Å². The van der Waals surface area contributed by atoms with Crippen molar-refractivity contribution in [2.24, 2.45) is 5.92 Å². The maximum atomic E-state index is 6.03. The Bertz CT molecular complexity index is 76.9. The van der Waals surface area contributed by atoms with Crippen molar-refractivity contribution < 1.29 is 0 Å². The van der Waals surface area contributed by atoms with Crippen LogP contribution in [0.15, 0.2) is 0 Å². The Morgan fingerprint density at radius 1 is 1.33 bits per heavy atom. The first-order valence-corrected chi connectivity index (χ1v) is 5.98. The van der Waals surface area contributed by atoms with Crippen molar-refractivity contribution in [2.45, 2.75) is 32.9 Å². The second kappa shape index (κ2) is 3.21. The molecule has 0 aromatic heterocycles. The lowest BCUT2D eigenvalue weighted by molar-refractivity contribution is 0.498. The van der Waals surface area contributed by atoms with Crippen molar-refractivity contribution in [1.82, 2.24) is 0 Å². The van der Waals surface area contributed by atoms with Gasteiger partial charge in [0.15, 0.2) is 0 Å². The van der Waals surface area contributed by atoms with Gasteiger partial charge in [-0.2, -0.15) is 0 Å². The molecule has 0 bridgehead atoms. The third-order valence-corrected chi connectivity index (χ3v) is 5.62. The highest BCUT2D eigenvalue weighted by atomic mass is 35.7. The fourth-order valence-corrected chi connectivity index (χ4v) is 1.65. The molecule has 0 spiro atoms. The molecule has 0 amide bonds. The van der Waals surface area contributed by atoms with Gasteiger partial charge < -0.3 is 0 Å². The third kappa shape index (κ3) is 2.43. The molecule has 0 radical (unpaired) electrons. The summed E-state index contributed by atoms with van der Waals surface area (Å²) in [6.07, 6.45) is 0. The van der Waals surface area contributed by atoms with E-state index in [0.717, 1.165) is 0 Å². The SMILES string of the molecule is CC(C)C(C)(C)P(C)Cl. The molecule has 0 nitrogen and oxygen atoms in total. The van der Waals surface area contributed by atoms with Gasteiger partial charge in [0.05, 0.1) is 0 Å². The van der Waals surface area contributed by atoms with Gasteiger partial charge in [-0.15, -0.1) is 0 Å². The molecule has 0 aliphatic rings. The molecular weight excluding hydrogens is 151 g/mol. The summed E-state index contributed by atoms with van der Waals surface area (Å²) in [5.74, 6) is 0.686. The molecule has 0 heterocycles. The van der Waals surface area contributed by atoms with Crippen LogP contribution in [0.5, 0.6) is 0 Å². The average molecular weight is 167 g/mol. The van der Waals surface area contributed by atoms with Crippen LogP contribution in [0.2, 0.25) is 0 Å². The van der Waals surface area contributed by atoms with Crippen LogP contribution < -0.4 is 0 Å². The predicted molar refractivity (Wildman–Crippen MR) is 47.6 cm³/mol. The largest absolute Gasteiger partial charge is 0.0961 e. The quantitative estimate of drug-likeness (QED) is 0.549. The monoisotopic (exact) mass is 166 g/mol. The van der Waals surface area contributed by atoms with Crippen LogP contribution in [-0.2, 0) is 0 Å². The van der Waals surface area contributed by atoms with Gasteiger partial charge in [0.25, 0.3) is 0 Å². The first-order valence-electron chi connectivity index (χ1n) is 3.28. The topological polar surface area (TPSA) is 0 Å². The predicted octanol–water partition coefficient (Wildman–Crippen LogP) is 3.69. The van der Waals surface area contributed by atoms with Crippen molar-refractivity contribution in [3.63, 3.8) is 0 Å². The van der Waals surface area contributed by atoms with Crippen molar-refractivity contribution in [1.29, 1.82) is 0 Å². The smallest absolute Gasteiger partial charge is 0.000766 e. The lowest BCUT2D eigenvalue weighted by Gasteiger charge is -2.31. The molecule has 1 unspecified atom stereocenters. The van der Waals surface area contributed by atoms with E-state index in [4.69, 9.17) is 11.2 Å². The van der Waals surface area contributed by atoms with Crippen LogP contribution in [0.3, 0.4) is 0 Å². The number of hydrogen-bond donors (Lipinski definition) is 0. The molecule has 0 aromatic rings. The molecule has 0 aromatic carbocycles. The normalized spacial score (nSPS) is 16.3. The minimum Gasteiger partial charge on any atom is -0.0961 e. The Kier molecular flexibility index (Phi) is 3.47. The van der Waals surface area contributed by atoms with Gasteiger partial charge in [-0.3, -0.25) is 0 Å². The summed E-state index contributed by atoms with van der Waals surface area (Å²) >= 11 is 6.03. The summed E-state index contributed by atoms with van der Waals surface area (Å²) in [7, 11) is -0.311. The van der Waals surface area contributed by atoms with E-state index in [9.17, 15) is 0 Å². The van der Waals surface area contributed by atoms with Crippen LogP contribution >= 0.6 is 18.5 Å². The minimum absolute atomic E-state index is 0.311. The van der Waals surface area contributed by atoms with E-state index in [-0.39, 0.29) is 7.27 Å². The summed E-state index contributed by atoms with van der Waals surface area (Å²) in [4.78, 5) is 0. The average Bonchev–Trinajstić information content (AvgIpc) is 1.65. The molecule has 56 valence electrons. The van der Waals surface area contributed by atoms with Gasteiger partial charge in [0.1, 0.15) is 0 Å². The summed E-state index contributed by atoms with van der Waals surface area (Å²) in [5.41, 5.74) is 0. The first kappa shape index (κ1) is 9.72. The Morgan fingerprint density at radius 3 is 1.67 bits per heavy atom. The van der Waals surface area contributed by atoms with E-state index in [1.165, 1.54) is 0 Å². The van der Waals surface area contributed by atoms with Crippen molar-refractivity contribution >= 4 is 18.5 Å². The van der Waals surface area contributed by atoms with E-state index in [1.54, 1.807) is 0 Å². The molecule has 0 aliphatic heterocycles. The van der Waals surface area contributed by atoms with Gasteiger partial charge in [-0.05, 0) is 19.9 Å². The molecule has 0 saturated heterocycles. The highest BCUT2D eigenvalue weighted by molar-refractivity contribution is 7.84. The van der Waals surface area contributed by atoms with Crippen LogP contribution in [0, 0.1) is 5.92 Å². The van der Waals surface area contributed by atoms with Gasteiger partial charge >= 0.3 is 0 Å². The second-order valence-corrected chi connectivity index (χ2v) is 6.91. The van der Waals surface area contributed by atoms with Gasteiger partial charge in [0.2, 0.25) is 0 Å². The standard InChI is InChI=1S/C7H16ClP/c1-6(2)7(3,4)9(5)8/h6H,1-5H3. The van der Waals surface area contributed by atoms with Crippen molar-refractivity contribution in [3.05, 3.63) is 0 Å². The molecule has 0 fully saturated rings. The highest BCUT2D eigenvalue weighted by Crippen LogP contribution is 2.54. The fraction of sp³-hybridized carbons (Fsp3) is 1.00. The van der Waals surface area contributed by atoms with Crippen LogP contribution in [0.4, 0.5) is 0 Å². The van der Waals surface area contributed by atoms with Gasteiger partial charge in [0, 0.05) is 5.16 Å². The third-order valence-electron chi connectivity index (χ3n) is 2.21. The minimum atomic E-state index is -0.311. The molecule has 2 heteroatoms. The zero-order valence-electron chi connectivity index (χ0n) is 6.90. The summed E-state index contributed by atoms with van der Waals surface area (Å²) in [5, 5.41) is 0.330. The molecule has 0 N–H and O–H groups in total. The van der Waals surface area contributed by atoms with E-state index >= 15 is 0 Å². The van der Waals surface area contributed by atoms with Crippen molar-refractivity contribution in [3.8, 4) is 0 Å². The molecule has 1 atom stereocenters. The van der Waals surface area contributed by atoms with Crippen LogP contribution in [0.25, 0.3) is 0 Å². The van der Waals surface area contributed by atoms with E-state index < -0.39 is 0 Å². The Hall–Kier alpha value is 0.720. The van der Waals surface area contributed by atoms with E-state index in [1.807, 2.05) is 0 Å². The molecule has 9 heavy (non-hydrogen) atoms. The van der Waals surface area contributed by atoms with E-state index in [2.05, 4.69) is 34.4 Å². The summed E-state index contributed by atoms with van der Waals surface area (Å²) < 4.78 is 0. The Morgan fingerprint density at radius 2 is 1.67 bits per heavy atom. The zero-order valence-corrected chi connectivity index (χ0v) is 8.55. The van der Waals surface area contributed by atoms with E-state index in [0.29, 0.717) is 11.1 Å². The molecule has 0 rings (SSSR count). The maximum Gasteiger partial charge on any atom is 0.000766 e. The van der Waals surface area contributed by atoms with Crippen molar-refractivity contribution in [2.75, 3.05) is 6.66 Å². The second-order valence-electron chi connectivity index (χ2n) is 3.29. The maximum absolute atomic E-state index is 6.03. The fourth-order valence-electron chi connectivity index (χ4n) is 0.356. The lowest BCUT2D eigenvalue weighted by atomic mass is 10.00. The Balaban J connectivity index is 4.01. The molecule has 0 saturated carbocycles. The van der Waals surface area contributed by atoms with Gasteiger partial charge in [-0.1, -0.05) is 38.9 Å². The number of halogens is 1.